The van der Waals surface area contributed by atoms with E-state index in [1.165, 1.54) is 19.2 Å². The van der Waals surface area contributed by atoms with Gasteiger partial charge in [-0.05, 0) is 23.8 Å². The second-order valence-electron chi connectivity index (χ2n) is 4.83. The Labute approximate surface area is 171 Å². The van der Waals surface area contributed by atoms with Crippen LogP contribution in [0.3, 0.4) is 0 Å². The summed E-state index contributed by atoms with van der Waals surface area (Å²) < 4.78 is 44.4. The maximum absolute atomic E-state index is 14.4. The van der Waals surface area contributed by atoms with E-state index in [0.29, 0.717) is 0 Å². The van der Waals surface area contributed by atoms with Gasteiger partial charge in [0.25, 0.3) is 0 Å². The highest BCUT2D eigenvalue weighted by Crippen LogP contribution is 2.57. The van der Waals surface area contributed by atoms with Gasteiger partial charge in [-0.25, -0.2) is 9.07 Å². The van der Waals surface area contributed by atoms with Gasteiger partial charge in [-0.1, -0.05) is 46.6 Å². The van der Waals surface area contributed by atoms with E-state index in [1.54, 1.807) is 0 Å². The minimum Gasteiger partial charge on any atom is -0.416 e. The lowest BCUT2D eigenvalue weighted by Gasteiger charge is -2.09. The molecule has 1 atom stereocenters. The Hall–Kier alpha value is -0.410. The number of halogens is 6. The molecule has 0 aliphatic carbocycles. The highest BCUT2D eigenvalue weighted by atomic mass is 35.5. The van der Waals surface area contributed by atoms with Gasteiger partial charge in [0.1, 0.15) is 16.5 Å². The van der Waals surface area contributed by atoms with E-state index in [0.717, 1.165) is 10.7 Å². The monoisotopic (exact) mass is 482 g/mol. The van der Waals surface area contributed by atoms with Crippen LogP contribution in [-0.2, 0) is 18.9 Å². The summed E-state index contributed by atoms with van der Waals surface area (Å²) in [6.07, 6.45) is 1.23. The van der Waals surface area contributed by atoms with Crippen molar-refractivity contribution in [3.8, 4) is 17.1 Å². The van der Waals surface area contributed by atoms with Crippen molar-refractivity contribution < 1.29 is 22.8 Å². The normalized spacial score (nSPS) is 14.6. The number of hydrogen-bond donors (Lipinski definition) is 2. The van der Waals surface area contributed by atoms with Gasteiger partial charge in [0.05, 0.1) is 9.80 Å². The third-order valence-electron chi connectivity index (χ3n) is 3.03. The zero-order valence-corrected chi connectivity index (χ0v) is 17.5. The second-order valence-corrected chi connectivity index (χ2v) is 12.0. The molecular formula is C13H9Cl3F3N2O2PS2. The van der Waals surface area contributed by atoms with Gasteiger partial charge in [-0.15, -0.1) is 12.2 Å². The van der Waals surface area contributed by atoms with E-state index in [-0.39, 0.29) is 31.6 Å². The third-order valence-corrected chi connectivity index (χ3v) is 7.12. The Bertz CT molecular complexity index is 934. The van der Waals surface area contributed by atoms with Crippen molar-refractivity contribution in [3.05, 3.63) is 38.3 Å². The van der Waals surface area contributed by atoms with Crippen LogP contribution >= 0.6 is 52.5 Å². The summed E-state index contributed by atoms with van der Waals surface area (Å²) in [7, 11) is 1.31. The quantitative estimate of drug-likeness (QED) is 0.410. The summed E-state index contributed by atoms with van der Waals surface area (Å²) in [5.41, 5.74) is -3.30. The molecule has 0 spiro atoms. The molecule has 2 rings (SSSR count). The van der Waals surface area contributed by atoms with Gasteiger partial charge in [0, 0.05) is 12.6 Å². The predicted molar refractivity (Wildman–Crippen MR) is 105 cm³/mol. The molecule has 142 valence electrons. The molecule has 0 saturated heterocycles. The average Bonchev–Trinajstić information content (AvgIpc) is 2.76. The molecule has 1 aromatic carbocycles. The van der Waals surface area contributed by atoms with Crippen molar-refractivity contribution in [2.75, 3.05) is 0 Å². The number of hydrogen-bond acceptors (Lipinski definition) is 3. The van der Waals surface area contributed by atoms with E-state index in [2.05, 4.69) is 22.1 Å². The van der Waals surface area contributed by atoms with E-state index in [9.17, 15) is 18.1 Å². The topological polar surface area (TPSA) is 47.3 Å². The van der Waals surface area contributed by atoms with Crippen molar-refractivity contribution in [3.63, 3.8) is 0 Å². The Morgan fingerprint density at radius 2 is 2.08 bits per heavy atom. The molecule has 13 heteroatoms. The summed E-state index contributed by atoms with van der Waals surface area (Å²) in [4.78, 5) is 9.70. The molecule has 0 saturated carbocycles. The summed E-state index contributed by atoms with van der Waals surface area (Å²) in [5, 5.41) is 3.57. The molecule has 0 radical (unpaired) electrons. The first kappa shape index (κ1) is 21.9. The lowest BCUT2D eigenvalue weighted by Crippen LogP contribution is -2.06. The Morgan fingerprint density at radius 1 is 1.46 bits per heavy atom. The Morgan fingerprint density at radius 3 is 2.62 bits per heavy atom. The second kappa shape index (κ2) is 8.31. The van der Waals surface area contributed by atoms with E-state index in [4.69, 9.17) is 46.6 Å². The molecule has 0 fully saturated rings. The van der Waals surface area contributed by atoms with E-state index >= 15 is 0 Å². The molecule has 26 heavy (non-hydrogen) atoms. The van der Waals surface area contributed by atoms with Gasteiger partial charge >= 0.3 is 6.61 Å². The molecule has 0 amide bonds. The van der Waals surface area contributed by atoms with E-state index < -0.39 is 23.8 Å². The maximum atomic E-state index is 14.4. The summed E-state index contributed by atoms with van der Waals surface area (Å²) in [5.74, 6) is -1.23. The van der Waals surface area contributed by atoms with E-state index in [1.807, 2.05) is 0 Å². The zero-order valence-electron chi connectivity index (χ0n) is 12.6. The van der Waals surface area contributed by atoms with Crippen LogP contribution in [-0.4, -0.2) is 21.3 Å². The number of rotatable bonds is 5. The first-order chi connectivity index (χ1) is 11.9. The molecule has 2 aromatic rings. The number of alkyl halides is 2. The standard InChI is InChI=1S/C13H9Cl3F3N2O2PS2/c1-21-12(23-13(18)19)10(16)11(20-21)6-2-5(7(14)4-8(6)17)3-9(15)24(22,25)26/h2-4,13H,1H3,(H2,22,25,26). The Kier molecular flexibility index (Phi) is 6.99. The smallest absolute Gasteiger partial charge is 0.388 e. The number of thiol groups is 1. The first-order valence-electron chi connectivity index (χ1n) is 6.51. The molecule has 0 bridgehead atoms. The van der Waals surface area contributed by atoms with Crippen LogP contribution in [0.15, 0.2) is 16.9 Å². The number of nitrogens with zero attached hydrogens (tertiary/aromatic N) is 2. The molecular weight excluding hydrogens is 475 g/mol. The molecule has 4 nitrogen and oxygen atoms in total. The third kappa shape index (κ3) is 4.90. The number of aryl methyl sites for hydroxylation is 1. The highest BCUT2D eigenvalue weighted by molar-refractivity contribution is 8.63. The van der Waals surface area contributed by atoms with Crippen LogP contribution in [0.5, 0.6) is 5.88 Å². The number of benzene rings is 1. The zero-order chi connectivity index (χ0) is 19.8. The van der Waals surface area contributed by atoms with Gasteiger partial charge in [0.15, 0.2) is 5.47 Å². The van der Waals surface area contributed by atoms with Crippen LogP contribution in [0, 0.1) is 5.82 Å². The molecule has 0 aliphatic rings. The van der Waals surface area contributed by atoms with Crippen LogP contribution in [0.4, 0.5) is 13.2 Å². The van der Waals surface area contributed by atoms with Crippen molar-refractivity contribution in [1.82, 2.24) is 9.78 Å². The summed E-state index contributed by atoms with van der Waals surface area (Å²) >= 11 is 26.5. The largest absolute Gasteiger partial charge is 0.416 e. The van der Waals surface area contributed by atoms with Gasteiger partial charge in [-0.2, -0.15) is 13.9 Å². The molecule has 0 aliphatic heterocycles. The van der Waals surface area contributed by atoms with Crippen LogP contribution in [0.1, 0.15) is 5.56 Å². The van der Waals surface area contributed by atoms with Crippen molar-refractivity contribution in [2.45, 2.75) is 6.61 Å². The van der Waals surface area contributed by atoms with Crippen molar-refractivity contribution in [1.29, 1.82) is 0 Å². The van der Waals surface area contributed by atoms with Gasteiger partial charge in [-0.3, -0.25) is 0 Å². The fraction of sp³-hybridized carbons (Fsp3) is 0.154. The minimum atomic E-state index is -3.22. The maximum Gasteiger partial charge on any atom is 0.388 e. The number of aromatic nitrogens is 2. The fourth-order valence-electron chi connectivity index (χ4n) is 1.94. The molecule has 1 unspecified atom stereocenters. The van der Waals surface area contributed by atoms with Crippen LogP contribution in [0.2, 0.25) is 10.0 Å². The predicted octanol–water partition coefficient (Wildman–Crippen LogP) is 5.90. The van der Waals surface area contributed by atoms with Crippen LogP contribution < -0.4 is 4.74 Å². The first-order valence-corrected chi connectivity index (χ1v) is 11.6. The molecule has 1 heterocycles. The summed E-state index contributed by atoms with van der Waals surface area (Å²) in [6.45, 7) is -3.13. The SMILES string of the molecule is Cn1nc(-c2cc(C=C(Cl)P(O)(=S)S)c(Cl)cc2F)c(Cl)c1OC(F)F. The molecule has 1 aromatic heterocycles. The molecule has 1 N–H and O–H groups in total. The minimum absolute atomic E-state index is 0.0303. The Balaban J connectivity index is 2.62. The number of ether oxygens (including phenoxy) is 1. The summed E-state index contributed by atoms with van der Waals surface area (Å²) in [6, 6.07) is 2.20. The van der Waals surface area contributed by atoms with Crippen molar-refractivity contribution >= 4 is 70.4 Å². The highest BCUT2D eigenvalue weighted by Gasteiger charge is 2.23. The fourth-order valence-corrected chi connectivity index (χ4v) is 3.20. The van der Waals surface area contributed by atoms with Gasteiger partial charge < -0.3 is 9.63 Å². The van der Waals surface area contributed by atoms with Crippen LogP contribution in [0.25, 0.3) is 17.3 Å². The average molecular weight is 484 g/mol. The lowest BCUT2D eigenvalue weighted by molar-refractivity contribution is -0.0552. The lowest BCUT2D eigenvalue weighted by atomic mass is 10.1. The van der Waals surface area contributed by atoms with Gasteiger partial charge in [0.2, 0.25) is 5.88 Å². The van der Waals surface area contributed by atoms with Crippen molar-refractivity contribution in [2.24, 2.45) is 7.05 Å².